The Labute approximate surface area is 127 Å². The molecular formula is C14H15NO3S2. The Kier molecular flexibility index (Phi) is 5.14. The van der Waals surface area contributed by atoms with Gasteiger partial charge >= 0.3 is 5.97 Å². The Bertz CT molecular complexity index is 539. The minimum absolute atomic E-state index is 0.0465. The first-order valence-corrected chi connectivity index (χ1v) is 7.76. The highest BCUT2D eigenvalue weighted by Crippen LogP contribution is 2.18. The van der Waals surface area contributed by atoms with E-state index in [9.17, 15) is 9.59 Å². The van der Waals surface area contributed by atoms with Gasteiger partial charge in [-0.25, -0.2) is 4.79 Å². The summed E-state index contributed by atoms with van der Waals surface area (Å²) < 4.78 is 0.726. The molecule has 0 aliphatic carbocycles. The molecule has 6 heteroatoms. The summed E-state index contributed by atoms with van der Waals surface area (Å²) >= 11 is 6.60. The lowest BCUT2D eigenvalue weighted by Crippen LogP contribution is -2.24. The lowest BCUT2D eigenvalue weighted by atomic mass is 10.0. The molecule has 0 radical (unpaired) electrons. The molecule has 1 aliphatic rings. The Morgan fingerprint density at radius 1 is 1.20 bits per heavy atom. The molecule has 2 rings (SSSR count). The van der Waals surface area contributed by atoms with Crippen molar-refractivity contribution in [3.63, 3.8) is 0 Å². The average molecular weight is 309 g/mol. The number of thioether (sulfide) groups is 1. The number of benzene rings is 1. The lowest BCUT2D eigenvalue weighted by Gasteiger charge is -2.17. The zero-order valence-electron chi connectivity index (χ0n) is 10.9. The topological polar surface area (TPSA) is 57.6 Å². The zero-order valence-corrected chi connectivity index (χ0v) is 12.5. The molecule has 1 saturated heterocycles. The van der Waals surface area contributed by atoms with Crippen molar-refractivity contribution < 1.29 is 14.7 Å². The maximum atomic E-state index is 12.1. The van der Waals surface area contributed by atoms with Crippen molar-refractivity contribution in [2.45, 2.75) is 12.8 Å². The second-order valence-corrected chi connectivity index (χ2v) is 6.13. The molecule has 106 valence electrons. The molecule has 0 unspecified atom stereocenters. The number of carboxylic acid groups (broad SMARTS) is 1. The van der Waals surface area contributed by atoms with E-state index in [0.717, 1.165) is 30.3 Å². The summed E-state index contributed by atoms with van der Waals surface area (Å²) in [6.07, 6.45) is 2.27. The molecule has 0 spiro atoms. The second kappa shape index (κ2) is 6.85. The maximum Gasteiger partial charge on any atom is 0.336 e. The normalized spacial score (nSPS) is 14.3. The molecule has 1 aliphatic heterocycles. The number of thiocarbonyl (C=S) groups is 1. The number of rotatable bonds is 4. The first kappa shape index (κ1) is 15.0. The van der Waals surface area contributed by atoms with E-state index in [1.54, 1.807) is 18.2 Å². The van der Waals surface area contributed by atoms with Crippen LogP contribution in [0, 0.1) is 0 Å². The molecule has 0 amide bonds. The summed E-state index contributed by atoms with van der Waals surface area (Å²) in [6.45, 7) is 1.90. The molecule has 0 bridgehead atoms. The van der Waals surface area contributed by atoms with E-state index in [1.807, 2.05) is 0 Å². The fraction of sp³-hybridized carbons (Fsp3) is 0.357. The van der Waals surface area contributed by atoms with Gasteiger partial charge in [0.05, 0.1) is 11.3 Å². The van der Waals surface area contributed by atoms with E-state index >= 15 is 0 Å². The highest BCUT2D eigenvalue weighted by molar-refractivity contribution is 8.23. The number of ketones is 1. The van der Waals surface area contributed by atoms with Crippen LogP contribution < -0.4 is 0 Å². The summed E-state index contributed by atoms with van der Waals surface area (Å²) in [5.74, 6) is -1.10. The van der Waals surface area contributed by atoms with Crippen LogP contribution in [-0.2, 0) is 0 Å². The molecule has 1 N–H and O–H groups in total. The van der Waals surface area contributed by atoms with Crippen molar-refractivity contribution in [1.82, 2.24) is 4.90 Å². The number of carboxylic acids is 1. The summed E-state index contributed by atoms with van der Waals surface area (Å²) in [5, 5.41) is 9.07. The molecule has 0 saturated carbocycles. The molecule has 1 heterocycles. The van der Waals surface area contributed by atoms with Gasteiger partial charge < -0.3 is 10.0 Å². The molecule has 0 atom stereocenters. The first-order chi connectivity index (χ1) is 9.59. The van der Waals surface area contributed by atoms with Gasteiger partial charge in [-0.2, -0.15) is 0 Å². The smallest absolute Gasteiger partial charge is 0.336 e. The number of aromatic carboxylic acids is 1. The van der Waals surface area contributed by atoms with Gasteiger partial charge in [-0.15, -0.1) is 0 Å². The van der Waals surface area contributed by atoms with Gasteiger partial charge in [0.2, 0.25) is 0 Å². The van der Waals surface area contributed by atoms with E-state index in [-0.39, 0.29) is 22.7 Å². The summed E-state index contributed by atoms with van der Waals surface area (Å²) in [5.41, 5.74) is 0.293. The number of carbonyl (C=O) groups is 2. The number of nitrogens with zero attached hydrogens (tertiary/aromatic N) is 1. The Morgan fingerprint density at radius 2 is 1.80 bits per heavy atom. The van der Waals surface area contributed by atoms with Crippen LogP contribution in [0.5, 0.6) is 0 Å². The molecule has 4 nitrogen and oxygen atoms in total. The van der Waals surface area contributed by atoms with Crippen molar-refractivity contribution in [3.8, 4) is 0 Å². The third kappa shape index (κ3) is 3.58. The number of hydrogen-bond donors (Lipinski definition) is 1. The Balaban J connectivity index is 1.98. The Morgan fingerprint density at radius 3 is 2.40 bits per heavy atom. The minimum atomic E-state index is -1.08. The number of likely N-dealkylation sites (tertiary alicyclic amines) is 1. The SMILES string of the molecule is O=C(O)c1ccccc1C(=O)CSC(=S)N1CCCC1. The van der Waals surface area contributed by atoms with Crippen LogP contribution in [0.15, 0.2) is 24.3 Å². The largest absolute Gasteiger partial charge is 0.478 e. The number of carbonyl (C=O) groups excluding carboxylic acids is 1. The monoisotopic (exact) mass is 309 g/mol. The van der Waals surface area contributed by atoms with Crippen molar-refractivity contribution in [1.29, 1.82) is 0 Å². The number of Topliss-reactive ketones (excluding diaryl/α,β-unsaturated/α-hetero) is 1. The van der Waals surface area contributed by atoms with E-state index in [2.05, 4.69) is 4.90 Å². The van der Waals surface area contributed by atoms with Gasteiger partial charge in [0.1, 0.15) is 4.32 Å². The van der Waals surface area contributed by atoms with E-state index in [4.69, 9.17) is 17.3 Å². The van der Waals surface area contributed by atoms with Gasteiger partial charge in [-0.05, 0) is 18.9 Å². The first-order valence-electron chi connectivity index (χ1n) is 6.37. The third-order valence-electron chi connectivity index (χ3n) is 3.15. The number of hydrogen-bond acceptors (Lipinski definition) is 4. The predicted molar refractivity (Wildman–Crippen MR) is 83.6 cm³/mol. The third-order valence-corrected chi connectivity index (χ3v) is 4.67. The fourth-order valence-corrected chi connectivity index (χ4v) is 3.24. The van der Waals surface area contributed by atoms with Crippen LogP contribution in [0.3, 0.4) is 0 Å². The van der Waals surface area contributed by atoms with Gasteiger partial charge in [-0.3, -0.25) is 4.79 Å². The van der Waals surface area contributed by atoms with Crippen LogP contribution in [-0.4, -0.2) is 44.9 Å². The van der Waals surface area contributed by atoms with E-state index in [1.165, 1.54) is 17.8 Å². The van der Waals surface area contributed by atoms with Crippen molar-refractivity contribution in [2.75, 3.05) is 18.8 Å². The van der Waals surface area contributed by atoms with Crippen molar-refractivity contribution >= 4 is 40.1 Å². The summed E-state index contributed by atoms with van der Waals surface area (Å²) in [6, 6.07) is 6.27. The molecule has 1 aromatic rings. The second-order valence-electron chi connectivity index (χ2n) is 4.52. The van der Waals surface area contributed by atoms with E-state index < -0.39 is 5.97 Å². The van der Waals surface area contributed by atoms with Crippen LogP contribution >= 0.6 is 24.0 Å². The average Bonchev–Trinajstić information content (AvgIpc) is 2.98. The Hall–Kier alpha value is -1.40. The fourth-order valence-electron chi connectivity index (χ4n) is 2.11. The maximum absolute atomic E-state index is 12.1. The zero-order chi connectivity index (χ0) is 14.5. The van der Waals surface area contributed by atoms with Crippen LogP contribution in [0.2, 0.25) is 0 Å². The highest BCUT2D eigenvalue weighted by atomic mass is 32.2. The van der Waals surface area contributed by atoms with Gasteiger partial charge in [0.25, 0.3) is 0 Å². The molecule has 20 heavy (non-hydrogen) atoms. The quantitative estimate of drug-likeness (QED) is 0.682. The minimum Gasteiger partial charge on any atom is -0.478 e. The standard InChI is InChI=1S/C14H15NO3S2/c16-12(9-20-14(19)15-7-3-4-8-15)10-5-1-2-6-11(10)13(17)18/h1-2,5-6H,3-4,7-9H2,(H,17,18). The lowest BCUT2D eigenvalue weighted by molar-refractivity contribution is 0.0692. The summed E-state index contributed by atoms with van der Waals surface area (Å²) in [7, 11) is 0. The predicted octanol–water partition coefficient (Wildman–Crippen LogP) is 2.68. The molecule has 1 aromatic carbocycles. The van der Waals surface area contributed by atoms with Gasteiger partial charge in [-0.1, -0.05) is 42.2 Å². The van der Waals surface area contributed by atoms with E-state index in [0.29, 0.717) is 0 Å². The summed E-state index contributed by atoms with van der Waals surface area (Å²) in [4.78, 5) is 25.3. The van der Waals surface area contributed by atoms with Gasteiger partial charge in [0.15, 0.2) is 5.78 Å². The van der Waals surface area contributed by atoms with Gasteiger partial charge in [0, 0.05) is 18.7 Å². The molecule has 1 fully saturated rings. The van der Waals surface area contributed by atoms with Crippen LogP contribution in [0.4, 0.5) is 0 Å². The molecular weight excluding hydrogens is 294 g/mol. The highest BCUT2D eigenvalue weighted by Gasteiger charge is 2.19. The van der Waals surface area contributed by atoms with Crippen molar-refractivity contribution in [3.05, 3.63) is 35.4 Å². The van der Waals surface area contributed by atoms with Crippen LogP contribution in [0.25, 0.3) is 0 Å². The van der Waals surface area contributed by atoms with Crippen LogP contribution in [0.1, 0.15) is 33.6 Å². The molecule has 0 aromatic heterocycles. The van der Waals surface area contributed by atoms with Crippen molar-refractivity contribution in [2.24, 2.45) is 0 Å².